The fourth-order valence-electron chi connectivity index (χ4n) is 2.23. The standard InChI is InChI=1S/C10H15N5/c1-6-7-8(14(3)13-6)15(9(11)12-7)10(2)4-5-10/h4-5H2,1-3H3,(H2,11,12). The molecular weight excluding hydrogens is 190 g/mol. The first-order valence-electron chi connectivity index (χ1n) is 5.21. The molecule has 80 valence electrons. The molecular formula is C10H15N5. The molecule has 0 atom stereocenters. The second-order valence-corrected chi connectivity index (χ2v) is 4.68. The highest BCUT2D eigenvalue weighted by Gasteiger charge is 2.42. The molecule has 2 N–H and O–H groups in total. The van der Waals surface area contributed by atoms with Crippen LogP contribution in [0.25, 0.3) is 11.2 Å². The summed E-state index contributed by atoms with van der Waals surface area (Å²) in [7, 11) is 1.94. The van der Waals surface area contributed by atoms with Crippen molar-refractivity contribution in [3.63, 3.8) is 0 Å². The Balaban J connectivity index is 2.41. The summed E-state index contributed by atoms with van der Waals surface area (Å²) >= 11 is 0. The zero-order valence-corrected chi connectivity index (χ0v) is 9.28. The first kappa shape index (κ1) is 8.76. The average molecular weight is 205 g/mol. The van der Waals surface area contributed by atoms with Gasteiger partial charge in [0.2, 0.25) is 5.95 Å². The summed E-state index contributed by atoms with van der Waals surface area (Å²) in [5.41, 5.74) is 9.06. The third-order valence-electron chi connectivity index (χ3n) is 3.34. The first-order valence-corrected chi connectivity index (χ1v) is 5.21. The van der Waals surface area contributed by atoms with E-state index in [9.17, 15) is 0 Å². The number of nitrogens with two attached hydrogens (primary N) is 1. The summed E-state index contributed by atoms with van der Waals surface area (Å²) in [6.45, 7) is 4.18. The van der Waals surface area contributed by atoms with Crippen molar-refractivity contribution >= 4 is 17.1 Å². The van der Waals surface area contributed by atoms with Crippen LogP contribution in [-0.2, 0) is 12.6 Å². The number of fused-ring (bicyclic) bond motifs is 1. The lowest BCUT2D eigenvalue weighted by atomic mass is 10.3. The van der Waals surface area contributed by atoms with Gasteiger partial charge in [-0.2, -0.15) is 5.10 Å². The van der Waals surface area contributed by atoms with Crippen LogP contribution in [0.3, 0.4) is 0 Å². The van der Waals surface area contributed by atoms with E-state index in [4.69, 9.17) is 5.73 Å². The maximum Gasteiger partial charge on any atom is 0.203 e. The Labute approximate surface area is 87.9 Å². The van der Waals surface area contributed by atoms with Crippen molar-refractivity contribution < 1.29 is 0 Å². The molecule has 2 aromatic rings. The normalized spacial score (nSPS) is 18.6. The van der Waals surface area contributed by atoms with Crippen molar-refractivity contribution in [3.05, 3.63) is 5.69 Å². The summed E-state index contributed by atoms with van der Waals surface area (Å²) in [5, 5.41) is 4.37. The number of nitrogen functional groups attached to an aromatic ring is 1. The number of anilines is 1. The molecule has 0 aliphatic heterocycles. The summed E-state index contributed by atoms with van der Waals surface area (Å²) in [6.07, 6.45) is 2.35. The van der Waals surface area contributed by atoms with Gasteiger partial charge in [-0.25, -0.2) is 4.98 Å². The van der Waals surface area contributed by atoms with E-state index in [0.29, 0.717) is 5.95 Å². The largest absolute Gasteiger partial charge is 0.369 e. The summed E-state index contributed by atoms with van der Waals surface area (Å²) in [6, 6.07) is 0. The minimum Gasteiger partial charge on any atom is -0.369 e. The molecule has 0 bridgehead atoms. The molecule has 0 unspecified atom stereocenters. The van der Waals surface area contributed by atoms with Gasteiger partial charge in [-0.1, -0.05) is 0 Å². The Morgan fingerprint density at radius 1 is 1.40 bits per heavy atom. The van der Waals surface area contributed by atoms with Gasteiger partial charge in [-0.05, 0) is 26.7 Å². The zero-order valence-electron chi connectivity index (χ0n) is 9.28. The van der Waals surface area contributed by atoms with Crippen molar-refractivity contribution in [2.24, 2.45) is 7.05 Å². The van der Waals surface area contributed by atoms with Crippen LogP contribution < -0.4 is 5.73 Å². The quantitative estimate of drug-likeness (QED) is 0.760. The predicted molar refractivity (Wildman–Crippen MR) is 58.5 cm³/mol. The van der Waals surface area contributed by atoms with Crippen LogP contribution >= 0.6 is 0 Å². The maximum atomic E-state index is 5.97. The molecule has 3 rings (SSSR count). The van der Waals surface area contributed by atoms with E-state index in [1.54, 1.807) is 0 Å². The molecule has 1 aliphatic carbocycles. The third-order valence-corrected chi connectivity index (χ3v) is 3.34. The summed E-state index contributed by atoms with van der Waals surface area (Å²) in [5.74, 6) is 0.612. The van der Waals surface area contributed by atoms with E-state index in [-0.39, 0.29) is 5.54 Å². The predicted octanol–water partition coefficient (Wildman–Crippen LogP) is 1.17. The van der Waals surface area contributed by atoms with Gasteiger partial charge in [0.15, 0.2) is 5.65 Å². The van der Waals surface area contributed by atoms with Gasteiger partial charge < -0.3 is 5.73 Å². The smallest absolute Gasteiger partial charge is 0.203 e. The Kier molecular flexibility index (Phi) is 1.37. The van der Waals surface area contributed by atoms with Crippen molar-refractivity contribution in [3.8, 4) is 0 Å². The van der Waals surface area contributed by atoms with E-state index >= 15 is 0 Å². The molecule has 0 spiro atoms. The van der Waals surface area contributed by atoms with E-state index in [2.05, 4.69) is 21.6 Å². The number of rotatable bonds is 1. The van der Waals surface area contributed by atoms with E-state index < -0.39 is 0 Å². The van der Waals surface area contributed by atoms with Crippen LogP contribution in [0.15, 0.2) is 0 Å². The molecule has 1 saturated carbocycles. The Morgan fingerprint density at radius 3 is 2.67 bits per heavy atom. The van der Waals surface area contributed by atoms with Gasteiger partial charge in [0, 0.05) is 12.6 Å². The first-order chi connectivity index (χ1) is 7.03. The zero-order chi connectivity index (χ0) is 10.8. The lowest BCUT2D eigenvalue weighted by molar-refractivity contribution is 0.541. The van der Waals surface area contributed by atoms with Gasteiger partial charge in [0.1, 0.15) is 5.52 Å². The lowest BCUT2D eigenvalue weighted by Gasteiger charge is -2.13. The van der Waals surface area contributed by atoms with Crippen LogP contribution in [0.5, 0.6) is 0 Å². The highest BCUT2D eigenvalue weighted by molar-refractivity contribution is 5.78. The van der Waals surface area contributed by atoms with Crippen molar-refractivity contribution in [2.45, 2.75) is 32.2 Å². The van der Waals surface area contributed by atoms with E-state index in [0.717, 1.165) is 16.9 Å². The molecule has 0 radical (unpaired) electrons. The van der Waals surface area contributed by atoms with E-state index in [1.807, 2.05) is 18.7 Å². The summed E-state index contributed by atoms with van der Waals surface area (Å²) in [4.78, 5) is 4.40. The Hall–Kier alpha value is -1.52. The number of aromatic nitrogens is 4. The third kappa shape index (κ3) is 0.976. The minimum absolute atomic E-state index is 0.166. The number of nitrogens with zero attached hydrogens (tertiary/aromatic N) is 4. The number of imidazole rings is 1. The fraction of sp³-hybridized carbons (Fsp3) is 0.600. The maximum absolute atomic E-state index is 5.97. The van der Waals surface area contributed by atoms with Crippen molar-refractivity contribution in [2.75, 3.05) is 5.73 Å². The van der Waals surface area contributed by atoms with Gasteiger partial charge in [-0.3, -0.25) is 9.25 Å². The number of aryl methyl sites for hydroxylation is 2. The molecule has 2 aromatic heterocycles. The highest BCUT2D eigenvalue weighted by Crippen LogP contribution is 2.46. The monoisotopic (exact) mass is 205 g/mol. The van der Waals surface area contributed by atoms with Crippen LogP contribution in [0, 0.1) is 6.92 Å². The molecule has 1 fully saturated rings. The minimum atomic E-state index is 0.166. The van der Waals surface area contributed by atoms with Gasteiger partial charge in [0.05, 0.1) is 5.69 Å². The van der Waals surface area contributed by atoms with E-state index in [1.165, 1.54) is 12.8 Å². The molecule has 5 nitrogen and oxygen atoms in total. The molecule has 0 saturated heterocycles. The molecule has 0 amide bonds. The topological polar surface area (TPSA) is 61.7 Å². The molecule has 2 heterocycles. The van der Waals surface area contributed by atoms with Crippen molar-refractivity contribution in [1.29, 1.82) is 0 Å². The summed E-state index contributed by atoms with van der Waals surface area (Å²) < 4.78 is 4.00. The second kappa shape index (κ2) is 2.35. The average Bonchev–Trinajstić information content (AvgIpc) is 2.68. The van der Waals surface area contributed by atoms with Gasteiger partial charge in [-0.15, -0.1) is 0 Å². The number of hydrogen-bond acceptors (Lipinski definition) is 3. The molecule has 15 heavy (non-hydrogen) atoms. The van der Waals surface area contributed by atoms with Gasteiger partial charge in [0.25, 0.3) is 0 Å². The second-order valence-electron chi connectivity index (χ2n) is 4.68. The lowest BCUT2D eigenvalue weighted by Crippen LogP contribution is -2.16. The molecule has 0 aromatic carbocycles. The fourth-order valence-corrected chi connectivity index (χ4v) is 2.23. The van der Waals surface area contributed by atoms with Gasteiger partial charge >= 0.3 is 0 Å². The van der Waals surface area contributed by atoms with Crippen LogP contribution in [0.2, 0.25) is 0 Å². The molecule has 5 heteroatoms. The van der Waals surface area contributed by atoms with Crippen LogP contribution in [0.1, 0.15) is 25.5 Å². The Morgan fingerprint density at radius 2 is 2.07 bits per heavy atom. The van der Waals surface area contributed by atoms with Crippen LogP contribution in [-0.4, -0.2) is 19.3 Å². The SMILES string of the molecule is Cc1nn(C)c2c1nc(N)n2C1(C)CC1. The number of hydrogen-bond donors (Lipinski definition) is 1. The van der Waals surface area contributed by atoms with Crippen molar-refractivity contribution in [1.82, 2.24) is 19.3 Å². The Bertz CT molecular complexity index is 544. The molecule has 1 aliphatic rings. The highest BCUT2D eigenvalue weighted by atomic mass is 15.4. The van der Waals surface area contributed by atoms with Crippen LogP contribution in [0.4, 0.5) is 5.95 Å².